The zero-order valence-electron chi connectivity index (χ0n) is 15.6. The number of amides is 2. The van der Waals surface area contributed by atoms with Crippen molar-refractivity contribution in [2.45, 2.75) is 26.4 Å². The average Bonchev–Trinajstić information content (AvgIpc) is 3.28. The van der Waals surface area contributed by atoms with Gasteiger partial charge in [-0.1, -0.05) is 15.9 Å². The minimum Gasteiger partial charge on any atom is -0.468 e. The number of methoxy groups -OCH3 is 1. The molecule has 9 heteroatoms. The van der Waals surface area contributed by atoms with Crippen molar-refractivity contribution < 1.29 is 19.1 Å². The van der Waals surface area contributed by atoms with Gasteiger partial charge in [0.15, 0.2) is 0 Å². The van der Waals surface area contributed by atoms with Crippen molar-refractivity contribution in [3.05, 3.63) is 46.5 Å². The summed E-state index contributed by atoms with van der Waals surface area (Å²) in [7, 11) is 1.32. The third-order valence-corrected chi connectivity index (χ3v) is 5.59. The zero-order valence-corrected chi connectivity index (χ0v) is 17.2. The molecule has 8 nitrogen and oxygen atoms in total. The molecule has 148 valence electrons. The molecular formula is C19H21BrN4O4. The Balaban J connectivity index is 1.60. The van der Waals surface area contributed by atoms with E-state index in [1.54, 1.807) is 21.9 Å². The van der Waals surface area contributed by atoms with E-state index in [1.807, 2.05) is 25.1 Å². The first-order chi connectivity index (χ1) is 13.4. The lowest BCUT2D eigenvalue weighted by atomic mass is 10.1. The number of anilines is 1. The van der Waals surface area contributed by atoms with Crippen LogP contribution in [0.15, 0.2) is 35.1 Å². The van der Waals surface area contributed by atoms with Crippen LogP contribution in [0.2, 0.25) is 0 Å². The average molecular weight is 449 g/mol. The number of nitrogens with one attached hydrogen (secondary N) is 1. The molecule has 1 aromatic heterocycles. The Morgan fingerprint density at radius 3 is 2.89 bits per heavy atom. The van der Waals surface area contributed by atoms with Gasteiger partial charge in [0.2, 0.25) is 11.8 Å². The van der Waals surface area contributed by atoms with E-state index < -0.39 is 11.9 Å². The molecule has 1 aromatic carbocycles. The lowest BCUT2D eigenvalue weighted by Crippen LogP contribution is -2.33. The minimum absolute atomic E-state index is 0.0281. The van der Waals surface area contributed by atoms with Gasteiger partial charge in [-0.25, -0.2) is 4.98 Å². The Morgan fingerprint density at radius 1 is 1.39 bits per heavy atom. The second-order valence-electron chi connectivity index (χ2n) is 6.60. The predicted octanol–water partition coefficient (Wildman–Crippen LogP) is 1.80. The first kappa shape index (κ1) is 20.1. The molecular weight excluding hydrogens is 428 g/mol. The molecule has 0 radical (unpaired) electrons. The Kier molecular flexibility index (Phi) is 6.13. The molecule has 1 atom stereocenters. The summed E-state index contributed by atoms with van der Waals surface area (Å²) in [4.78, 5) is 42.2. The number of hydrogen-bond acceptors (Lipinski definition) is 5. The molecule has 1 fully saturated rings. The number of halogens is 1. The molecule has 0 aliphatic carbocycles. The van der Waals surface area contributed by atoms with Crippen LogP contribution in [-0.2, 0) is 32.2 Å². The van der Waals surface area contributed by atoms with Gasteiger partial charge in [0.1, 0.15) is 12.4 Å². The zero-order chi connectivity index (χ0) is 20.3. The van der Waals surface area contributed by atoms with E-state index in [1.165, 1.54) is 7.11 Å². The van der Waals surface area contributed by atoms with Crippen molar-refractivity contribution in [2.24, 2.45) is 5.92 Å². The van der Waals surface area contributed by atoms with Crippen molar-refractivity contribution >= 4 is 39.4 Å². The summed E-state index contributed by atoms with van der Waals surface area (Å²) >= 11 is 3.45. The number of rotatable bonds is 6. The van der Waals surface area contributed by atoms with Gasteiger partial charge in [0.05, 0.1) is 19.6 Å². The standard InChI is InChI=1S/C19H21BrN4O4/c1-12-7-14(3-4-15(12)20)24-10-13(8-17(24)25)19(27)22-9-16-21-5-6-23(16)11-18(26)28-2/h3-7,13H,8-11H2,1-2H3,(H,22,27). The largest absolute Gasteiger partial charge is 0.468 e. The molecule has 1 aliphatic heterocycles. The van der Waals surface area contributed by atoms with Crippen molar-refractivity contribution in [1.29, 1.82) is 0 Å². The normalized spacial score (nSPS) is 16.3. The highest BCUT2D eigenvalue weighted by molar-refractivity contribution is 9.10. The molecule has 0 saturated carbocycles. The van der Waals surface area contributed by atoms with Gasteiger partial charge in [-0.2, -0.15) is 0 Å². The monoisotopic (exact) mass is 448 g/mol. The van der Waals surface area contributed by atoms with Crippen molar-refractivity contribution in [3.63, 3.8) is 0 Å². The van der Waals surface area contributed by atoms with Crippen LogP contribution < -0.4 is 10.2 Å². The van der Waals surface area contributed by atoms with Gasteiger partial charge in [-0.05, 0) is 30.7 Å². The molecule has 1 N–H and O–H groups in total. The molecule has 0 bridgehead atoms. The molecule has 3 rings (SSSR count). The number of aryl methyl sites for hydroxylation is 1. The van der Waals surface area contributed by atoms with E-state index in [9.17, 15) is 14.4 Å². The van der Waals surface area contributed by atoms with E-state index in [0.717, 1.165) is 15.7 Å². The van der Waals surface area contributed by atoms with Gasteiger partial charge in [-0.15, -0.1) is 0 Å². The van der Waals surface area contributed by atoms with Crippen LogP contribution in [0.25, 0.3) is 0 Å². The maximum atomic E-state index is 12.5. The number of nitrogens with zero attached hydrogens (tertiary/aromatic N) is 3. The Bertz CT molecular complexity index is 911. The molecule has 1 aliphatic rings. The molecule has 28 heavy (non-hydrogen) atoms. The van der Waals surface area contributed by atoms with Crippen LogP contribution in [0.4, 0.5) is 5.69 Å². The highest BCUT2D eigenvalue weighted by Crippen LogP contribution is 2.28. The number of aromatic nitrogens is 2. The Morgan fingerprint density at radius 2 is 2.18 bits per heavy atom. The molecule has 2 amide bonds. The van der Waals surface area contributed by atoms with E-state index in [4.69, 9.17) is 0 Å². The van der Waals surface area contributed by atoms with E-state index >= 15 is 0 Å². The van der Waals surface area contributed by atoms with E-state index in [2.05, 4.69) is 31.0 Å². The summed E-state index contributed by atoms with van der Waals surface area (Å²) in [5.74, 6) is -0.567. The van der Waals surface area contributed by atoms with Crippen LogP contribution in [0.3, 0.4) is 0 Å². The molecule has 1 unspecified atom stereocenters. The molecule has 2 heterocycles. The maximum absolute atomic E-state index is 12.5. The molecule has 0 spiro atoms. The Hall–Kier alpha value is -2.68. The number of benzene rings is 1. The fraction of sp³-hybridized carbons (Fsp3) is 0.368. The van der Waals surface area contributed by atoms with Crippen LogP contribution in [0, 0.1) is 12.8 Å². The van der Waals surface area contributed by atoms with Crippen molar-refractivity contribution in [2.75, 3.05) is 18.6 Å². The van der Waals surface area contributed by atoms with Gasteiger partial charge in [-0.3, -0.25) is 14.4 Å². The first-order valence-electron chi connectivity index (χ1n) is 8.80. The SMILES string of the molecule is COC(=O)Cn1ccnc1CNC(=O)C1CC(=O)N(c2ccc(Br)c(C)c2)C1. The fourth-order valence-corrected chi connectivity index (χ4v) is 3.34. The van der Waals surface area contributed by atoms with Gasteiger partial charge >= 0.3 is 5.97 Å². The van der Waals surface area contributed by atoms with Gasteiger partial charge in [0, 0.05) is 35.5 Å². The summed E-state index contributed by atoms with van der Waals surface area (Å²) in [6, 6.07) is 5.68. The smallest absolute Gasteiger partial charge is 0.325 e. The summed E-state index contributed by atoms with van der Waals surface area (Å²) in [5, 5.41) is 2.81. The summed E-state index contributed by atoms with van der Waals surface area (Å²) in [6.45, 7) is 2.49. The highest BCUT2D eigenvalue weighted by Gasteiger charge is 2.35. The quantitative estimate of drug-likeness (QED) is 0.679. The minimum atomic E-state index is -0.430. The second-order valence-corrected chi connectivity index (χ2v) is 7.46. The lowest BCUT2D eigenvalue weighted by molar-refractivity contribution is -0.141. The number of carbonyl (C=O) groups is 3. The summed E-state index contributed by atoms with van der Waals surface area (Å²) in [6.07, 6.45) is 3.37. The molecule has 1 saturated heterocycles. The predicted molar refractivity (Wildman–Crippen MR) is 105 cm³/mol. The van der Waals surface area contributed by atoms with Crippen molar-refractivity contribution in [1.82, 2.24) is 14.9 Å². The summed E-state index contributed by atoms with van der Waals surface area (Å²) in [5.41, 5.74) is 1.81. The van der Waals surface area contributed by atoms with Crippen LogP contribution in [-0.4, -0.2) is 41.0 Å². The van der Waals surface area contributed by atoms with Crippen LogP contribution in [0.1, 0.15) is 17.8 Å². The van der Waals surface area contributed by atoms with E-state index in [-0.39, 0.29) is 31.3 Å². The number of esters is 1. The fourth-order valence-electron chi connectivity index (χ4n) is 3.09. The summed E-state index contributed by atoms with van der Waals surface area (Å²) < 4.78 is 7.23. The van der Waals surface area contributed by atoms with Gasteiger partial charge < -0.3 is 19.5 Å². The Labute approximate surface area is 171 Å². The highest BCUT2D eigenvalue weighted by atomic mass is 79.9. The van der Waals surface area contributed by atoms with E-state index in [0.29, 0.717) is 12.4 Å². The lowest BCUT2D eigenvalue weighted by Gasteiger charge is -2.17. The topological polar surface area (TPSA) is 93.5 Å². The first-order valence-corrected chi connectivity index (χ1v) is 9.59. The number of hydrogen-bond donors (Lipinski definition) is 1. The van der Waals surface area contributed by atoms with Gasteiger partial charge in [0.25, 0.3) is 0 Å². The second kappa shape index (κ2) is 8.55. The maximum Gasteiger partial charge on any atom is 0.325 e. The van der Waals surface area contributed by atoms with Crippen LogP contribution in [0.5, 0.6) is 0 Å². The number of ether oxygens (including phenoxy) is 1. The number of imidazole rings is 1. The van der Waals surface area contributed by atoms with Crippen LogP contribution >= 0.6 is 15.9 Å². The van der Waals surface area contributed by atoms with Crippen molar-refractivity contribution in [3.8, 4) is 0 Å². The number of carbonyl (C=O) groups excluding carboxylic acids is 3. The third-order valence-electron chi connectivity index (χ3n) is 4.70. The third kappa shape index (κ3) is 4.41. The molecule has 2 aromatic rings.